The van der Waals surface area contributed by atoms with E-state index in [0.29, 0.717) is 5.57 Å². The fourth-order valence-corrected chi connectivity index (χ4v) is 4.78. The molecule has 0 saturated carbocycles. The third-order valence-corrected chi connectivity index (χ3v) is 6.33. The molecule has 4 aromatic carbocycles. The number of rotatable bonds is 5. The van der Waals surface area contributed by atoms with Gasteiger partial charge in [0.15, 0.2) is 0 Å². The van der Waals surface area contributed by atoms with E-state index in [0.717, 1.165) is 32.3 Å². The van der Waals surface area contributed by atoms with Gasteiger partial charge in [-0.05, 0) is 40.5 Å². The monoisotopic (exact) mass is 431 g/mol. The predicted molar refractivity (Wildman–Crippen MR) is 136 cm³/mol. The first kappa shape index (κ1) is 20.1. The van der Waals surface area contributed by atoms with Crippen LogP contribution in [-0.4, -0.2) is 5.78 Å². The predicted octanol–water partition coefficient (Wildman–Crippen LogP) is 7.49. The van der Waals surface area contributed by atoms with E-state index in [4.69, 9.17) is 0 Å². The lowest BCUT2D eigenvalue weighted by Gasteiger charge is -2.10. The highest BCUT2D eigenvalue weighted by molar-refractivity contribution is 8.08. The van der Waals surface area contributed by atoms with Crippen LogP contribution in [0.5, 0.6) is 0 Å². The summed E-state index contributed by atoms with van der Waals surface area (Å²) in [5.74, 6) is 0.0495. The van der Waals surface area contributed by atoms with Crippen LogP contribution in [0, 0.1) is 0 Å². The van der Waals surface area contributed by atoms with Gasteiger partial charge >= 0.3 is 0 Å². The maximum absolute atomic E-state index is 13.4. The lowest BCUT2D eigenvalue weighted by atomic mass is 10.0. The fourth-order valence-electron chi connectivity index (χ4n) is 3.69. The Bertz CT molecular complexity index is 1290. The molecule has 0 atom stereocenters. The van der Waals surface area contributed by atoms with E-state index < -0.39 is 0 Å². The van der Waals surface area contributed by atoms with Crippen molar-refractivity contribution in [2.45, 2.75) is 0 Å². The lowest BCUT2D eigenvalue weighted by Crippen LogP contribution is -2.01. The Morgan fingerprint density at radius 1 is 0.594 bits per heavy atom. The summed E-state index contributed by atoms with van der Waals surface area (Å²) in [4.78, 5) is 14.1. The summed E-state index contributed by atoms with van der Waals surface area (Å²) in [5, 5.41) is 4.35. The topological polar surface area (TPSA) is 29.1 Å². The quantitative estimate of drug-likeness (QED) is 0.332. The van der Waals surface area contributed by atoms with Gasteiger partial charge in [-0.1, -0.05) is 115 Å². The van der Waals surface area contributed by atoms with Crippen LogP contribution < -0.4 is 5.32 Å². The Labute approximate surface area is 192 Å². The minimum absolute atomic E-state index is 0.0495. The number of allylic oxidation sites excluding steroid dienone is 2. The van der Waals surface area contributed by atoms with Crippen molar-refractivity contribution >= 4 is 34.9 Å². The summed E-state index contributed by atoms with van der Waals surface area (Å²) in [6, 6.07) is 38.4. The number of nitrogens with one attached hydrogen (secondary N) is 1. The van der Waals surface area contributed by atoms with Gasteiger partial charge < -0.3 is 5.32 Å². The van der Waals surface area contributed by atoms with Gasteiger partial charge in [0, 0.05) is 5.69 Å². The van der Waals surface area contributed by atoms with Crippen LogP contribution in [0.15, 0.2) is 125 Å². The van der Waals surface area contributed by atoms with E-state index in [2.05, 4.69) is 41.7 Å². The number of benzene rings is 4. The van der Waals surface area contributed by atoms with Crippen LogP contribution in [0.4, 0.5) is 5.69 Å². The normalized spacial score (nSPS) is 14.8. The number of thioether (sulfide) groups is 1. The Balaban J connectivity index is 1.47. The second-order valence-electron chi connectivity index (χ2n) is 7.49. The summed E-state index contributed by atoms with van der Waals surface area (Å²) >= 11 is 1.49. The first-order valence-electron chi connectivity index (χ1n) is 10.5. The van der Waals surface area contributed by atoms with Crippen molar-refractivity contribution in [2.24, 2.45) is 0 Å². The molecule has 32 heavy (non-hydrogen) atoms. The second-order valence-corrected chi connectivity index (χ2v) is 8.54. The summed E-state index contributed by atoms with van der Waals surface area (Å²) in [5.41, 5.74) is 5.95. The maximum atomic E-state index is 13.4. The summed E-state index contributed by atoms with van der Waals surface area (Å²) in [6.45, 7) is 0. The SMILES string of the molecule is O=C1C(c2ccccc2)=C(Nc2ccc(-c3ccccc3)cc2)S/C1=C\c1ccccc1. The lowest BCUT2D eigenvalue weighted by molar-refractivity contribution is -0.109. The summed E-state index contributed by atoms with van der Waals surface area (Å²) < 4.78 is 0. The second kappa shape index (κ2) is 9.13. The van der Waals surface area contributed by atoms with Gasteiger partial charge in [-0.15, -0.1) is 0 Å². The molecule has 2 nitrogen and oxygen atoms in total. The van der Waals surface area contributed by atoms with Gasteiger partial charge in [0.25, 0.3) is 0 Å². The molecule has 1 aliphatic rings. The maximum Gasteiger partial charge on any atom is 0.203 e. The molecule has 0 bridgehead atoms. The van der Waals surface area contributed by atoms with Crippen LogP contribution in [0.1, 0.15) is 11.1 Å². The Morgan fingerprint density at radius 2 is 1.12 bits per heavy atom. The van der Waals surface area contributed by atoms with E-state index in [1.807, 2.05) is 84.9 Å². The highest BCUT2D eigenvalue weighted by atomic mass is 32.2. The van der Waals surface area contributed by atoms with Gasteiger partial charge in [0.2, 0.25) is 5.78 Å². The minimum Gasteiger partial charge on any atom is -0.349 e. The smallest absolute Gasteiger partial charge is 0.203 e. The number of anilines is 1. The fraction of sp³-hybridized carbons (Fsp3) is 0. The van der Waals surface area contributed by atoms with E-state index in [1.54, 1.807) is 0 Å². The Kier molecular flexibility index (Phi) is 5.73. The molecule has 0 amide bonds. The van der Waals surface area contributed by atoms with Crippen molar-refractivity contribution < 1.29 is 4.79 Å². The first-order valence-corrected chi connectivity index (χ1v) is 11.3. The first-order chi connectivity index (χ1) is 15.8. The highest BCUT2D eigenvalue weighted by Gasteiger charge is 2.30. The molecule has 1 N–H and O–H groups in total. The van der Waals surface area contributed by atoms with E-state index in [1.165, 1.54) is 17.3 Å². The van der Waals surface area contributed by atoms with Crippen molar-refractivity contribution in [3.63, 3.8) is 0 Å². The standard InChI is InChI=1S/C29H21NOS/c31-28-26(20-21-10-4-1-5-11-21)32-29(27(28)24-14-8-3-9-15-24)30-25-18-16-23(17-19-25)22-12-6-2-7-13-22/h1-20,30H/b26-20-. The van der Waals surface area contributed by atoms with Crippen molar-refractivity contribution in [1.82, 2.24) is 0 Å². The van der Waals surface area contributed by atoms with Crippen molar-refractivity contribution in [1.29, 1.82) is 0 Å². The molecule has 4 aromatic rings. The number of hydrogen-bond donors (Lipinski definition) is 1. The van der Waals surface area contributed by atoms with Crippen molar-refractivity contribution in [3.05, 3.63) is 136 Å². The van der Waals surface area contributed by atoms with Crippen LogP contribution >= 0.6 is 11.8 Å². The number of hydrogen-bond acceptors (Lipinski definition) is 3. The third-order valence-electron chi connectivity index (χ3n) is 5.30. The van der Waals surface area contributed by atoms with Gasteiger partial charge in [-0.2, -0.15) is 0 Å². The number of carbonyl (C=O) groups is 1. The molecule has 0 saturated heterocycles. The average Bonchev–Trinajstić information content (AvgIpc) is 3.15. The van der Waals surface area contributed by atoms with Gasteiger partial charge in [0.05, 0.1) is 15.5 Å². The van der Waals surface area contributed by atoms with Crippen LogP contribution in [0.2, 0.25) is 0 Å². The molecule has 0 spiro atoms. The summed E-state index contributed by atoms with van der Waals surface area (Å²) in [6.07, 6.45) is 1.96. The van der Waals surface area contributed by atoms with Crippen LogP contribution in [0.25, 0.3) is 22.8 Å². The molecule has 154 valence electrons. The van der Waals surface area contributed by atoms with Gasteiger partial charge in [0.1, 0.15) is 0 Å². The molecule has 1 heterocycles. The number of carbonyl (C=O) groups excluding carboxylic acids is 1. The third kappa shape index (κ3) is 4.29. The zero-order valence-electron chi connectivity index (χ0n) is 17.4. The van der Waals surface area contributed by atoms with Crippen molar-refractivity contribution in [3.8, 4) is 11.1 Å². The van der Waals surface area contributed by atoms with E-state index in [-0.39, 0.29) is 5.78 Å². The molecule has 0 radical (unpaired) electrons. The van der Waals surface area contributed by atoms with Crippen LogP contribution in [-0.2, 0) is 4.79 Å². The van der Waals surface area contributed by atoms with Gasteiger partial charge in [-0.25, -0.2) is 0 Å². The molecule has 0 fully saturated rings. The van der Waals surface area contributed by atoms with E-state index >= 15 is 0 Å². The largest absolute Gasteiger partial charge is 0.349 e. The summed E-state index contributed by atoms with van der Waals surface area (Å²) in [7, 11) is 0. The zero-order chi connectivity index (χ0) is 21.8. The number of Topliss-reactive ketones (excluding diaryl/α,β-unsaturated/α-hetero) is 1. The van der Waals surface area contributed by atoms with Crippen LogP contribution in [0.3, 0.4) is 0 Å². The highest BCUT2D eigenvalue weighted by Crippen LogP contribution is 2.44. The van der Waals surface area contributed by atoms with Gasteiger partial charge in [-0.3, -0.25) is 4.79 Å². The van der Waals surface area contributed by atoms with E-state index in [9.17, 15) is 4.79 Å². The molecule has 0 unspecified atom stereocenters. The molecule has 3 heteroatoms. The molecular weight excluding hydrogens is 410 g/mol. The molecule has 5 rings (SSSR count). The molecule has 1 aliphatic heterocycles. The molecular formula is C29H21NOS. The zero-order valence-corrected chi connectivity index (χ0v) is 18.2. The minimum atomic E-state index is 0.0495. The number of ketones is 1. The Hall–Kier alpha value is -3.82. The van der Waals surface area contributed by atoms with Crippen molar-refractivity contribution in [2.75, 3.05) is 5.32 Å². The molecule has 0 aromatic heterocycles. The Morgan fingerprint density at radius 3 is 1.75 bits per heavy atom. The molecule has 0 aliphatic carbocycles. The average molecular weight is 432 g/mol.